The van der Waals surface area contributed by atoms with Crippen molar-refractivity contribution in [3.63, 3.8) is 0 Å². The molecule has 0 aromatic heterocycles. The quantitative estimate of drug-likeness (QED) is 0.663. The fourth-order valence-corrected chi connectivity index (χ4v) is 2.79. The summed E-state index contributed by atoms with van der Waals surface area (Å²) >= 11 is 0. The van der Waals surface area contributed by atoms with E-state index in [0.29, 0.717) is 0 Å². The van der Waals surface area contributed by atoms with Gasteiger partial charge in [-0.1, -0.05) is 47.6 Å². The molecule has 0 fully saturated rings. The first-order valence-electron chi connectivity index (χ1n) is 6.84. The zero-order valence-corrected chi connectivity index (χ0v) is 15.2. The minimum absolute atomic E-state index is 0. The van der Waals surface area contributed by atoms with Crippen LogP contribution in [0.25, 0.3) is 10.8 Å². The maximum Gasteiger partial charge on any atom is 0 e. The first kappa shape index (κ1) is 16.3. The third kappa shape index (κ3) is 3.07. The van der Waals surface area contributed by atoms with Crippen molar-refractivity contribution in [3.05, 3.63) is 80.7 Å². The van der Waals surface area contributed by atoms with Crippen LogP contribution in [0.3, 0.4) is 0 Å². The van der Waals surface area contributed by atoms with Crippen LogP contribution in [0.2, 0.25) is 0 Å². The molecular weight excluding hydrogens is 333 g/mol. The second-order valence-corrected chi connectivity index (χ2v) is 5.62. The molecule has 0 heterocycles. The third-order valence-electron chi connectivity index (χ3n) is 3.92. The summed E-state index contributed by atoms with van der Waals surface area (Å²) < 4.78 is 0. The number of rotatable bonds is 2. The Bertz CT molecular complexity index is 648. The zero-order valence-electron chi connectivity index (χ0n) is 12.4. The van der Waals surface area contributed by atoms with Gasteiger partial charge in [0.1, 0.15) is 0 Å². The van der Waals surface area contributed by atoms with Gasteiger partial charge in [0.05, 0.1) is 0 Å². The molecule has 0 atom stereocenters. The molecule has 3 rings (SSSR count). The van der Waals surface area contributed by atoms with E-state index in [0.717, 1.165) is 35.1 Å². The van der Waals surface area contributed by atoms with Crippen LogP contribution in [0.4, 0.5) is 0 Å². The summed E-state index contributed by atoms with van der Waals surface area (Å²) in [6.07, 6.45) is 13.6. The van der Waals surface area contributed by atoms with E-state index in [-0.39, 0.29) is 44.1 Å². The Morgan fingerprint density at radius 1 is 0.667 bits per heavy atom. The average Bonchev–Trinajstić information content (AvgIpc) is 3.02. The van der Waals surface area contributed by atoms with Crippen LogP contribution >= 0.6 is 0 Å². The molecule has 0 saturated carbocycles. The Balaban J connectivity index is 0.00000161. The van der Waals surface area contributed by atoms with E-state index in [1.807, 2.05) is 36.5 Å². The standard InChI is InChI=1S/C18H16N2.Y/c1-11-3-5-13(9-11)15-7-8-16(18(20)17(15)19)14-6-4-12(2)10-14;/h3-8H,9-10H2,1-2H3;/q-2;. The first-order chi connectivity index (χ1) is 9.56. The molecule has 2 nitrogen and oxygen atoms in total. The summed E-state index contributed by atoms with van der Waals surface area (Å²) in [5.74, 6) is 0. The van der Waals surface area contributed by atoms with Gasteiger partial charge >= 0.3 is 0 Å². The van der Waals surface area contributed by atoms with Gasteiger partial charge in [-0.3, -0.25) is 0 Å². The van der Waals surface area contributed by atoms with Crippen LogP contribution in [0.1, 0.15) is 26.7 Å². The SMILES string of the molecule is CC1=CC=C(C2=CC=C(C3=CC=C(C)C3)C(=[N-])C2=[N-])C1.[Y]. The number of nitrogens with zero attached hydrogens (tertiary/aromatic N) is 2. The van der Waals surface area contributed by atoms with E-state index in [1.165, 1.54) is 11.1 Å². The molecule has 0 spiro atoms. The van der Waals surface area contributed by atoms with E-state index in [2.05, 4.69) is 13.8 Å². The Labute approximate surface area is 151 Å². The largest absolute Gasteiger partial charge is 0.804 e. The summed E-state index contributed by atoms with van der Waals surface area (Å²) in [5.41, 5.74) is 6.06. The molecule has 103 valence electrons. The Morgan fingerprint density at radius 2 is 1.05 bits per heavy atom. The fraction of sp³-hybridized carbons (Fsp3) is 0.222. The van der Waals surface area contributed by atoms with Crippen molar-refractivity contribution in [3.8, 4) is 0 Å². The summed E-state index contributed by atoms with van der Waals surface area (Å²) in [6.45, 7) is 4.12. The van der Waals surface area contributed by atoms with E-state index in [9.17, 15) is 10.8 Å². The molecule has 0 saturated heterocycles. The Morgan fingerprint density at radius 3 is 1.33 bits per heavy atom. The second-order valence-electron chi connectivity index (χ2n) is 5.62. The van der Waals surface area contributed by atoms with Gasteiger partial charge in [-0.25, -0.2) is 0 Å². The summed E-state index contributed by atoms with van der Waals surface area (Å²) in [4.78, 5) is 0. The minimum atomic E-state index is -0.0118. The van der Waals surface area contributed by atoms with Gasteiger partial charge in [-0.2, -0.15) is 11.4 Å². The van der Waals surface area contributed by atoms with Crippen LogP contribution in [0.5, 0.6) is 0 Å². The van der Waals surface area contributed by atoms with E-state index < -0.39 is 0 Å². The van der Waals surface area contributed by atoms with E-state index in [4.69, 9.17) is 0 Å². The van der Waals surface area contributed by atoms with Gasteiger partial charge in [-0.05, 0) is 49.0 Å². The predicted molar refractivity (Wildman–Crippen MR) is 85.8 cm³/mol. The molecular formula is C18H16N2Y-2. The molecule has 0 aromatic rings. The van der Waals surface area contributed by atoms with Crippen molar-refractivity contribution in [2.45, 2.75) is 26.7 Å². The summed E-state index contributed by atoms with van der Waals surface area (Å²) in [6, 6.07) is 0. The average molecular weight is 349 g/mol. The van der Waals surface area contributed by atoms with Gasteiger partial charge in [0.2, 0.25) is 0 Å². The van der Waals surface area contributed by atoms with Gasteiger partial charge in [-0.15, -0.1) is 0 Å². The fourth-order valence-electron chi connectivity index (χ4n) is 2.79. The molecule has 21 heavy (non-hydrogen) atoms. The van der Waals surface area contributed by atoms with Crippen LogP contribution in [-0.4, -0.2) is 11.4 Å². The van der Waals surface area contributed by atoms with Gasteiger partial charge in [0, 0.05) is 32.7 Å². The summed E-state index contributed by atoms with van der Waals surface area (Å²) in [7, 11) is 0. The van der Waals surface area contributed by atoms with Gasteiger partial charge in [0.25, 0.3) is 0 Å². The molecule has 3 heteroatoms. The smallest absolute Gasteiger partial charge is 0 e. The Kier molecular flexibility index (Phi) is 4.90. The molecule has 0 bridgehead atoms. The molecule has 0 aliphatic heterocycles. The number of hydrogen-bond acceptors (Lipinski definition) is 0. The van der Waals surface area contributed by atoms with E-state index in [1.54, 1.807) is 0 Å². The second kappa shape index (κ2) is 6.33. The molecule has 3 aliphatic carbocycles. The monoisotopic (exact) mass is 349 g/mol. The topological polar surface area (TPSA) is 44.6 Å². The molecule has 0 unspecified atom stereocenters. The van der Waals surface area contributed by atoms with Crippen LogP contribution in [0, 0.1) is 0 Å². The van der Waals surface area contributed by atoms with Gasteiger partial charge in [0.15, 0.2) is 0 Å². The third-order valence-corrected chi connectivity index (χ3v) is 3.92. The normalized spacial score (nSPS) is 21.0. The molecule has 3 aliphatic rings. The van der Waals surface area contributed by atoms with Crippen molar-refractivity contribution in [1.29, 1.82) is 0 Å². The van der Waals surface area contributed by atoms with Crippen LogP contribution < -0.4 is 0 Å². The first-order valence-corrected chi connectivity index (χ1v) is 6.84. The van der Waals surface area contributed by atoms with Crippen molar-refractivity contribution < 1.29 is 32.7 Å². The van der Waals surface area contributed by atoms with Crippen molar-refractivity contribution in [2.24, 2.45) is 0 Å². The van der Waals surface area contributed by atoms with Gasteiger partial charge < -0.3 is 10.8 Å². The van der Waals surface area contributed by atoms with Crippen molar-refractivity contribution >= 4 is 11.4 Å². The molecule has 1 radical (unpaired) electrons. The maximum atomic E-state index is 10.3. The van der Waals surface area contributed by atoms with Crippen LogP contribution in [-0.2, 0) is 32.7 Å². The molecule has 0 N–H and O–H groups in total. The van der Waals surface area contributed by atoms with Crippen LogP contribution in [0.15, 0.2) is 69.9 Å². The van der Waals surface area contributed by atoms with Crippen molar-refractivity contribution in [2.75, 3.05) is 0 Å². The summed E-state index contributed by atoms with van der Waals surface area (Å²) in [5, 5.41) is 20.6. The van der Waals surface area contributed by atoms with E-state index >= 15 is 0 Å². The Hall–Kier alpha value is -1.12. The predicted octanol–water partition coefficient (Wildman–Crippen LogP) is 4.42. The van der Waals surface area contributed by atoms with Crippen molar-refractivity contribution in [1.82, 2.24) is 0 Å². The zero-order chi connectivity index (χ0) is 14.3. The number of allylic oxidation sites excluding steroid dienone is 12. The molecule has 0 amide bonds. The number of hydrogen-bond donors (Lipinski definition) is 0. The maximum absolute atomic E-state index is 10.3. The molecule has 0 aromatic carbocycles. The minimum Gasteiger partial charge on any atom is -0.804 e.